The molecule has 3 N–H and O–H groups in total. The summed E-state index contributed by atoms with van der Waals surface area (Å²) >= 11 is 0. The van der Waals surface area contributed by atoms with Gasteiger partial charge in [-0.25, -0.2) is 4.98 Å². The molecule has 174 valence electrons. The maximum absolute atomic E-state index is 12.7. The van der Waals surface area contributed by atoms with Crippen LogP contribution in [0.3, 0.4) is 0 Å². The molecule has 7 nitrogen and oxygen atoms in total. The zero-order chi connectivity index (χ0) is 24.1. The number of nitrogens with zero attached hydrogens (tertiary/aromatic N) is 2. The van der Waals surface area contributed by atoms with Crippen LogP contribution in [0.15, 0.2) is 78.9 Å². The predicted octanol–water partition coefficient (Wildman–Crippen LogP) is 3.21. The van der Waals surface area contributed by atoms with Crippen LogP contribution < -0.4 is 10.6 Å². The zero-order valence-corrected chi connectivity index (χ0v) is 19.3. The first-order valence-corrected chi connectivity index (χ1v) is 11.3. The van der Waals surface area contributed by atoms with Gasteiger partial charge in [-0.3, -0.25) is 9.59 Å². The van der Waals surface area contributed by atoms with Crippen LogP contribution >= 0.6 is 0 Å². The fourth-order valence-corrected chi connectivity index (χ4v) is 4.16. The number of aryl methyl sites for hydroxylation is 1. The van der Waals surface area contributed by atoms with E-state index in [4.69, 9.17) is 4.98 Å². The largest absolute Gasteiger partial charge is 0.373 e. The van der Waals surface area contributed by atoms with E-state index in [2.05, 4.69) is 10.6 Å². The summed E-state index contributed by atoms with van der Waals surface area (Å²) in [6, 6.07) is 24.3. The lowest BCUT2D eigenvalue weighted by atomic mass is 9.85. The Labute approximate surface area is 198 Å². The Morgan fingerprint density at radius 2 is 1.50 bits per heavy atom. The highest BCUT2D eigenvalue weighted by atomic mass is 16.3. The third-order valence-electron chi connectivity index (χ3n) is 5.82. The molecule has 34 heavy (non-hydrogen) atoms. The number of rotatable bonds is 8. The van der Waals surface area contributed by atoms with Crippen LogP contribution in [0.2, 0.25) is 0 Å². The highest BCUT2D eigenvalue weighted by Gasteiger charge is 2.38. The number of aliphatic hydroxyl groups is 1. The van der Waals surface area contributed by atoms with Crippen molar-refractivity contribution in [2.45, 2.75) is 26.0 Å². The molecule has 1 aromatic heterocycles. The second-order valence-electron chi connectivity index (χ2n) is 8.06. The van der Waals surface area contributed by atoms with Gasteiger partial charge in [0, 0.05) is 32.1 Å². The molecular formula is C27H28N4O3. The Morgan fingerprint density at radius 3 is 2.06 bits per heavy atom. The fourth-order valence-electron chi connectivity index (χ4n) is 4.16. The van der Waals surface area contributed by atoms with E-state index in [-0.39, 0.29) is 11.8 Å². The number of benzene rings is 3. The third kappa shape index (κ3) is 4.43. The van der Waals surface area contributed by atoms with Crippen LogP contribution in [0.1, 0.15) is 41.2 Å². The van der Waals surface area contributed by atoms with Gasteiger partial charge < -0.3 is 20.3 Å². The van der Waals surface area contributed by atoms with E-state index in [1.165, 1.54) is 6.92 Å². The molecule has 4 rings (SSSR count). The minimum Gasteiger partial charge on any atom is -0.373 e. The third-order valence-corrected chi connectivity index (χ3v) is 5.82. The first-order chi connectivity index (χ1) is 16.4. The van der Waals surface area contributed by atoms with Crippen LogP contribution in [0.4, 0.5) is 0 Å². The molecule has 0 spiro atoms. The lowest BCUT2D eigenvalue weighted by Crippen LogP contribution is -2.33. The van der Waals surface area contributed by atoms with E-state index in [1.54, 1.807) is 18.2 Å². The number of nitrogens with one attached hydrogen (secondary N) is 2. The molecule has 2 amide bonds. The normalized spacial score (nSPS) is 11.4. The van der Waals surface area contributed by atoms with Gasteiger partial charge in [0.1, 0.15) is 0 Å². The Balaban J connectivity index is 1.78. The summed E-state index contributed by atoms with van der Waals surface area (Å²) < 4.78 is 1.95. The number of hydrogen-bond donors (Lipinski definition) is 3. The second kappa shape index (κ2) is 9.89. The smallest absolute Gasteiger partial charge is 0.251 e. The SMILES string of the molecule is CCn1c(C(O)(c2ccccc2)c2ccccc2)nc2ccc(C(=O)NCCNC(C)=O)cc21. The van der Waals surface area contributed by atoms with Crippen molar-refractivity contribution in [3.8, 4) is 0 Å². The van der Waals surface area contributed by atoms with Crippen LogP contribution in [-0.2, 0) is 16.9 Å². The second-order valence-corrected chi connectivity index (χ2v) is 8.06. The molecule has 0 aliphatic carbocycles. The van der Waals surface area contributed by atoms with Crippen LogP contribution in [0.5, 0.6) is 0 Å². The van der Waals surface area contributed by atoms with Crippen molar-refractivity contribution in [2.24, 2.45) is 0 Å². The highest BCUT2D eigenvalue weighted by molar-refractivity contribution is 5.97. The molecule has 1 heterocycles. The van der Waals surface area contributed by atoms with Crippen molar-refractivity contribution < 1.29 is 14.7 Å². The van der Waals surface area contributed by atoms with Crippen molar-refractivity contribution in [3.05, 3.63) is 101 Å². The molecule has 0 atom stereocenters. The molecule has 7 heteroatoms. The van der Waals surface area contributed by atoms with Crippen molar-refractivity contribution >= 4 is 22.8 Å². The molecule has 0 aliphatic rings. The number of fused-ring (bicyclic) bond motifs is 1. The summed E-state index contributed by atoms with van der Waals surface area (Å²) in [7, 11) is 0. The summed E-state index contributed by atoms with van der Waals surface area (Å²) in [6.07, 6.45) is 0. The van der Waals surface area contributed by atoms with Gasteiger partial charge in [0.15, 0.2) is 11.4 Å². The minimum absolute atomic E-state index is 0.139. The fraction of sp³-hybridized carbons (Fsp3) is 0.222. The molecule has 0 saturated carbocycles. The lowest BCUT2D eigenvalue weighted by molar-refractivity contribution is -0.118. The summed E-state index contributed by atoms with van der Waals surface area (Å²) in [4.78, 5) is 28.5. The molecule has 0 radical (unpaired) electrons. The number of carbonyl (C=O) groups is 2. The molecule has 3 aromatic carbocycles. The summed E-state index contributed by atoms with van der Waals surface area (Å²) in [5, 5.41) is 17.7. The van der Waals surface area contributed by atoms with Crippen LogP contribution in [0, 0.1) is 0 Å². The first kappa shape index (κ1) is 23.2. The van der Waals surface area contributed by atoms with Gasteiger partial charge >= 0.3 is 0 Å². The highest BCUT2D eigenvalue weighted by Crippen LogP contribution is 2.37. The van der Waals surface area contributed by atoms with E-state index in [9.17, 15) is 14.7 Å². The predicted molar refractivity (Wildman–Crippen MR) is 131 cm³/mol. The number of imidazole rings is 1. The number of amides is 2. The maximum Gasteiger partial charge on any atom is 0.251 e. The summed E-state index contributed by atoms with van der Waals surface area (Å²) in [5.41, 5.74) is 1.89. The van der Waals surface area contributed by atoms with Crippen molar-refractivity contribution in [3.63, 3.8) is 0 Å². The minimum atomic E-state index is -1.47. The molecule has 0 unspecified atom stereocenters. The van der Waals surface area contributed by atoms with E-state index < -0.39 is 5.60 Å². The zero-order valence-electron chi connectivity index (χ0n) is 19.3. The van der Waals surface area contributed by atoms with Gasteiger partial charge in [0.2, 0.25) is 5.91 Å². The molecule has 0 bridgehead atoms. The van der Waals surface area contributed by atoms with Gasteiger partial charge in [0.05, 0.1) is 11.0 Å². The molecule has 0 fully saturated rings. The Hall–Kier alpha value is -3.97. The van der Waals surface area contributed by atoms with Crippen molar-refractivity contribution in [1.82, 2.24) is 20.2 Å². The van der Waals surface area contributed by atoms with E-state index in [0.717, 1.165) is 5.52 Å². The van der Waals surface area contributed by atoms with E-state index >= 15 is 0 Å². The summed E-state index contributed by atoms with van der Waals surface area (Å²) in [5.74, 6) is 0.115. The summed E-state index contributed by atoms with van der Waals surface area (Å²) in [6.45, 7) is 4.67. The Morgan fingerprint density at radius 1 is 0.912 bits per heavy atom. The van der Waals surface area contributed by atoms with E-state index in [0.29, 0.717) is 47.7 Å². The number of carbonyl (C=O) groups excluding carboxylic acids is 2. The van der Waals surface area contributed by atoms with Crippen LogP contribution in [-0.4, -0.2) is 39.6 Å². The van der Waals surface area contributed by atoms with E-state index in [1.807, 2.05) is 72.2 Å². The van der Waals surface area contributed by atoms with Gasteiger partial charge in [0.25, 0.3) is 5.91 Å². The monoisotopic (exact) mass is 456 g/mol. The quantitative estimate of drug-likeness (QED) is 0.355. The van der Waals surface area contributed by atoms with Crippen LogP contribution in [0.25, 0.3) is 11.0 Å². The van der Waals surface area contributed by atoms with Gasteiger partial charge in [-0.1, -0.05) is 60.7 Å². The number of hydrogen-bond acceptors (Lipinski definition) is 4. The molecular weight excluding hydrogens is 428 g/mol. The average Bonchev–Trinajstić information content (AvgIpc) is 3.25. The van der Waals surface area contributed by atoms with Gasteiger partial charge in [-0.15, -0.1) is 0 Å². The Bertz CT molecular complexity index is 1260. The molecule has 0 saturated heterocycles. The Kier molecular flexibility index (Phi) is 6.75. The van der Waals surface area contributed by atoms with Gasteiger partial charge in [-0.2, -0.15) is 0 Å². The maximum atomic E-state index is 12.7. The van der Waals surface area contributed by atoms with Gasteiger partial charge in [-0.05, 0) is 36.2 Å². The number of aromatic nitrogens is 2. The topological polar surface area (TPSA) is 96.2 Å². The lowest BCUT2D eigenvalue weighted by Gasteiger charge is -2.29. The van der Waals surface area contributed by atoms with Crippen molar-refractivity contribution in [1.29, 1.82) is 0 Å². The first-order valence-electron chi connectivity index (χ1n) is 11.3. The standard InChI is InChI=1S/C27H28N4O3/c1-3-31-24-18-20(25(33)29-17-16-28-19(2)32)14-15-23(24)30-26(31)27(34,21-10-6-4-7-11-21)22-12-8-5-9-13-22/h4-15,18,34H,3,16-17H2,1-2H3,(H,28,32)(H,29,33). The molecule has 0 aliphatic heterocycles. The average molecular weight is 457 g/mol. The van der Waals surface area contributed by atoms with Crippen molar-refractivity contribution in [2.75, 3.05) is 13.1 Å². The molecule has 4 aromatic rings.